The molecule has 3 rings (SSSR count). The number of sulfone groups is 1. The van der Waals surface area contributed by atoms with Gasteiger partial charge in [0.2, 0.25) is 5.91 Å². The number of methoxy groups -OCH3 is 1. The van der Waals surface area contributed by atoms with E-state index in [1.165, 1.54) is 11.0 Å². The SMILES string of the molecule is CO[C@@H]1C[C@H]1C(=O)N(Cc1ccccc1F)C1CCS(=O)(=O)C1. The van der Waals surface area contributed by atoms with E-state index < -0.39 is 9.84 Å². The van der Waals surface area contributed by atoms with Gasteiger partial charge in [0.05, 0.1) is 23.5 Å². The summed E-state index contributed by atoms with van der Waals surface area (Å²) in [4.78, 5) is 14.3. The van der Waals surface area contributed by atoms with Gasteiger partial charge in [-0.05, 0) is 18.9 Å². The lowest BCUT2D eigenvalue weighted by Crippen LogP contribution is -2.42. The monoisotopic (exact) mass is 341 g/mol. The van der Waals surface area contributed by atoms with Crippen molar-refractivity contribution in [2.24, 2.45) is 5.92 Å². The Bertz CT molecular complexity index is 706. The Hall–Kier alpha value is -1.47. The number of benzene rings is 1. The highest BCUT2D eigenvalue weighted by Crippen LogP contribution is 2.36. The van der Waals surface area contributed by atoms with Crippen LogP contribution in [0.5, 0.6) is 0 Å². The molecule has 1 heterocycles. The van der Waals surface area contributed by atoms with Crippen LogP contribution in [-0.2, 0) is 25.9 Å². The Morgan fingerprint density at radius 1 is 1.39 bits per heavy atom. The lowest BCUT2D eigenvalue weighted by molar-refractivity contribution is -0.136. The average Bonchev–Trinajstić information content (AvgIpc) is 3.22. The summed E-state index contributed by atoms with van der Waals surface area (Å²) >= 11 is 0. The van der Waals surface area contributed by atoms with Crippen LogP contribution in [0.1, 0.15) is 18.4 Å². The maximum atomic E-state index is 13.9. The second kappa shape index (κ2) is 6.20. The molecule has 0 bridgehead atoms. The lowest BCUT2D eigenvalue weighted by Gasteiger charge is -2.29. The fraction of sp³-hybridized carbons (Fsp3) is 0.562. The van der Waals surface area contributed by atoms with Crippen molar-refractivity contribution in [2.75, 3.05) is 18.6 Å². The lowest BCUT2D eigenvalue weighted by atomic mass is 10.1. The molecule has 1 amide bonds. The number of amides is 1. The molecule has 1 aliphatic heterocycles. The molecular weight excluding hydrogens is 321 g/mol. The van der Waals surface area contributed by atoms with Crippen LogP contribution in [0.4, 0.5) is 4.39 Å². The molecule has 2 fully saturated rings. The molecular formula is C16H20FNO4S. The van der Waals surface area contributed by atoms with Crippen molar-refractivity contribution < 1.29 is 22.3 Å². The van der Waals surface area contributed by atoms with Crippen LogP contribution in [0.25, 0.3) is 0 Å². The third-order valence-corrected chi connectivity index (χ3v) is 6.33. The van der Waals surface area contributed by atoms with Crippen molar-refractivity contribution in [2.45, 2.75) is 31.5 Å². The summed E-state index contributed by atoms with van der Waals surface area (Å²) in [7, 11) is -1.56. The Morgan fingerprint density at radius 3 is 2.70 bits per heavy atom. The van der Waals surface area contributed by atoms with Crippen molar-refractivity contribution in [3.8, 4) is 0 Å². The summed E-state index contributed by atoms with van der Waals surface area (Å²) in [6, 6.07) is 5.89. The Kier molecular flexibility index (Phi) is 4.42. The summed E-state index contributed by atoms with van der Waals surface area (Å²) in [5.74, 6) is -0.725. The number of hydrogen-bond donors (Lipinski definition) is 0. The minimum absolute atomic E-state index is 0.0441. The molecule has 5 nitrogen and oxygen atoms in total. The highest BCUT2D eigenvalue weighted by molar-refractivity contribution is 7.91. The fourth-order valence-electron chi connectivity index (χ4n) is 3.12. The number of ether oxygens (including phenoxy) is 1. The van der Waals surface area contributed by atoms with Crippen LogP contribution in [0, 0.1) is 11.7 Å². The number of halogens is 1. The first-order valence-electron chi connectivity index (χ1n) is 7.68. The normalized spacial score (nSPS) is 28.5. The van der Waals surface area contributed by atoms with E-state index in [2.05, 4.69) is 0 Å². The molecule has 1 saturated heterocycles. The van der Waals surface area contributed by atoms with Crippen LogP contribution < -0.4 is 0 Å². The molecule has 23 heavy (non-hydrogen) atoms. The number of hydrogen-bond acceptors (Lipinski definition) is 4. The van der Waals surface area contributed by atoms with Crippen LogP contribution in [0.2, 0.25) is 0 Å². The fourth-order valence-corrected chi connectivity index (χ4v) is 4.85. The Morgan fingerprint density at radius 2 is 2.13 bits per heavy atom. The molecule has 126 valence electrons. The van der Waals surface area contributed by atoms with Gasteiger partial charge in [-0.2, -0.15) is 0 Å². The molecule has 1 aromatic carbocycles. The van der Waals surface area contributed by atoms with Gasteiger partial charge in [-0.1, -0.05) is 18.2 Å². The van der Waals surface area contributed by atoms with E-state index in [1.807, 2.05) is 0 Å². The summed E-state index contributed by atoms with van der Waals surface area (Å²) in [6.07, 6.45) is 0.943. The molecule has 0 N–H and O–H groups in total. The molecule has 7 heteroatoms. The molecule has 0 spiro atoms. The van der Waals surface area contributed by atoms with Gasteiger partial charge in [-0.15, -0.1) is 0 Å². The van der Waals surface area contributed by atoms with Crippen LogP contribution >= 0.6 is 0 Å². The Balaban J connectivity index is 1.82. The zero-order valence-corrected chi connectivity index (χ0v) is 13.8. The van der Waals surface area contributed by atoms with E-state index >= 15 is 0 Å². The number of carbonyl (C=O) groups excluding carboxylic acids is 1. The zero-order chi connectivity index (χ0) is 16.6. The van der Waals surface area contributed by atoms with Crippen molar-refractivity contribution in [1.82, 2.24) is 4.90 Å². The van der Waals surface area contributed by atoms with E-state index in [-0.39, 0.29) is 47.8 Å². The predicted octanol–water partition coefficient (Wildman–Crippen LogP) is 1.38. The summed E-state index contributed by atoms with van der Waals surface area (Å²) in [6.45, 7) is 0.0959. The maximum Gasteiger partial charge on any atom is 0.228 e. The van der Waals surface area contributed by atoms with Gasteiger partial charge in [0.1, 0.15) is 5.82 Å². The number of carbonyl (C=O) groups is 1. The maximum absolute atomic E-state index is 13.9. The average molecular weight is 341 g/mol. The van der Waals surface area contributed by atoms with Gasteiger partial charge >= 0.3 is 0 Å². The molecule has 0 aromatic heterocycles. The first-order chi connectivity index (χ1) is 10.9. The van der Waals surface area contributed by atoms with Gasteiger partial charge in [-0.3, -0.25) is 4.79 Å². The third kappa shape index (κ3) is 3.55. The molecule has 0 radical (unpaired) electrons. The van der Waals surface area contributed by atoms with Crippen LogP contribution in [-0.4, -0.2) is 50.0 Å². The van der Waals surface area contributed by atoms with Gasteiger partial charge in [0, 0.05) is 25.3 Å². The Labute approximate surface area is 135 Å². The van der Waals surface area contributed by atoms with Gasteiger partial charge in [0.15, 0.2) is 9.84 Å². The molecule has 1 aromatic rings. The first-order valence-corrected chi connectivity index (χ1v) is 9.50. The zero-order valence-electron chi connectivity index (χ0n) is 12.9. The molecule has 2 aliphatic rings. The van der Waals surface area contributed by atoms with E-state index in [0.717, 1.165) is 0 Å². The first kappa shape index (κ1) is 16.4. The smallest absolute Gasteiger partial charge is 0.228 e. The van der Waals surface area contributed by atoms with Crippen molar-refractivity contribution in [1.29, 1.82) is 0 Å². The minimum Gasteiger partial charge on any atom is -0.381 e. The molecule has 1 saturated carbocycles. The summed E-state index contributed by atoms with van der Waals surface area (Å²) in [5, 5.41) is 0. The van der Waals surface area contributed by atoms with E-state index in [4.69, 9.17) is 4.74 Å². The van der Waals surface area contributed by atoms with E-state index in [0.29, 0.717) is 18.4 Å². The van der Waals surface area contributed by atoms with Gasteiger partial charge in [-0.25, -0.2) is 12.8 Å². The topological polar surface area (TPSA) is 63.7 Å². The highest BCUT2D eigenvalue weighted by Gasteiger charge is 2.48. The number of rotatable bonds is 5. The molecule has 1 aliphatic carbocycles. The van der Waals surface area contributed by atoms with E-state index in [1.54, 1.807) is 25.3 Å². The highest BCUT2D eigenvalue weighted by atomic mass is 32.2. The second-order valence-electron chi connectivity index (χ2n) is 6.23. The quantitative estimate of drug-likeness (QED) is 0.812. The molecule has 3 atom stereocenters. The van der Waals surface area contributed by atoms with Crippen LogP contribution in [0.3, 0.4) is 0 Å². The third-order valence-electron chi connectivity index (χ3n) is 4.58. The van der Waals surface area contributed by atoms with Crippen molar-refractivity contribution >= 4 is 15.7 Å². The second-order valence-corrected chi connectivity index (χ2v) is 8.46. The summed E-state index contributed by atoms with van der Waals surface area (Å²) in [5.41, 5.74) is 0.403. The largest absolute Gasteiger partial charge is 0.381 e. The minimum atomic E-state index is -3.12. The predicted molar refractivity (Wildman–Crippen MR) is 82.9 cm³/mol. The molecule has 1 unspecified atom stereocenters. The standard InChI is InChI=1S/C16H20FNO4S/c1-22-15-8-13(15)16(19)18(12-6-7-23(20,21)10-12)9-11-4-2-3-5-14(11)17/h2-5,12-13,15H,6-10H2,1H3/t12?,13-,15-/m1/s1. The van der Waals surface area contributed by atoms with Crippen molar-refractivity contribution in [3.05, 3.63) is 35.6 Å². The summed E-state index contributed by atoms with van der Waals surface area (Å²) < 4.78 is 42.6. The van der Waals surface area contributed by atoms with Gasteiger partial charge in [0.25, 0.3) is 0 Å². The van der Waals surface area contributed by atoms with Gasteiger partial charge < -0.3 is 9.64 Å². The number of nitrogens with zero attached hydrogens (tertiary/aromatic N) is 1. The van der Waals surface area contributed by atoms with Crippen LogP contribution in [0.15, 0.2) is 24.3 Å². The van der Waals surface area contributed by atoms with E-state index in [9.17, 15) is 17.6 Å². The van der Waals surface area contributed by atoms with Crippen molar-refractivity contribution in [3.63, 3.8) is 0 Å².